The fourth-order valence-corrected chi connectivity index (χ4v) is 2.92. The molecule has 0 radical (unpaired) electrons. The third-order valence-corrected chi connectivity index (χ3v) is 4.11. The van der Waals surface area contributed by atoms with Crippen LogP contribution >= 0.6 is 11.3 Å². The van der Waals surface area contributed by atoms with Crippen molar-refractivity contribution in [3.63, 3.8) is 0 Å². The van der Waals surface area contributed by atoms with E-state index in [1.54, 1.807) is 17.7 Å². The predicted molar refractivity (Wildman–Crippen MR) is 82.3 cm³/mol. The van der Waals surface area contributed by atoms with Crippen LogP contribution < -0.4 is 5.32 Å². The monoisotopic (exact) mass is 308 g/mol. The normalized spacial score (nSPS) is 12.3. The zero-order valence-electron chi connectivity index (χ0n) is 12.0. The molecule has 5 nitrogen and oxygen atoms in total. The third kappa shape index (κ3) is 4.41. The molecule has 0 aliphatic carbocycles. The molecule has 0 fully saturated rings. The lowest BCUT2D eigenvalue weighted by Gasteiger charge is -2.14. The highest BCUT2D eigenvalue weighted by molar-refractivity contribution is 7.13. The molecule has 0 saturated carbocycles. The van der Waals surface area contributed by atoms with E-state index in [4.69, 9.17) is 9.52 Å². The lowest BCUT2D eigenvalue weighted by molar-refractivity contribution is 0.0938. The van der Waals surface area contributed by atoms with Gasteiger partial charge >= 0.3 is 0 Å². The van der Waals surface area contributed by atoms with Crippen LogP contribution in [-0.2, 0) is 0 Å². The van der Waals surface area contributed by atoms with Crippen LogP contribution in [0.4, 0.5) is 0 Å². The highest BCUT2D eigenvalue weighted by Crippen LogP contribution is 2.23. The molecular formula is C15H20N2O3S. The number of amides is 1. The van der Waals surface area contributed by atoms with Crippen LogP contribution in [0, 0.1) is 5.92 Å². The van der Waals surface area contributed by atoms with Crippen LogP contribution in [0.3, 0.4) is 0 Å². The van der Waals surface area contributed by atoms with Crippen molar-refractivity contribution in [2.45, 2.75) is 26.2 Å². The molecule has 2 aromatic rings. The van der Waals surface area contributed by atoms with Crippen LogP contribution in [0.15, 0.2) is 28.2 Å². The van der Waals surface area contributed by atoms with Gasteiger partial charge in [0.2, 0.25) is 0 Å². The second kappa shape index (κ2) is 7.95. The van der Waals surface area contributed by atoms with Gasteiger partial charge in [0.1, 0.15) is 5.69 Å². The molecule has 0 spiro atoms. The van der Waals surface area contributed by atoms with Crippen molar-refractivity contribution in [2.24, 2.45) is 5.92 Å². The summed E-state index contributed by atoms with van der Waals surface area (Å²) in [7, 11) is 0. The van der Waals surface area contributed by atoms with Crippen molar-refractivity contribution < 1.29 is 14.3 Å². The first-order valence-electron chi connectivity index (χ1n) is 7.13. The minimum atomic E-state index is -0.178. The summed E-state index contributed by atoms with van der Waals surface area (Å²) in [5.74, 6) is 0.804. The summed E-state index contributed by atoms with van der Waals surface area (Å²) in [6.45, 7) is 2.82. The topological polar surface area (TPSA) is 75.4 Å². The Morgan fingerprint density at radius 2 is 2.38 bits per heavy atom. The number of aromatic nitrogens is 1. The number of carbonyl (C=O) groups excluding carboxylic acids is 1. The van der Waals surface area contributed by atoms with Crippen molar-refractivity contribution in [1.29, 1.82) is 0 Å². The summed E-state index contributed by atoms with van der Waals surface area (Å²) in [4.78, 5) is 16.4. The summed E-state index contributed by atoms with van der Waals surface area (Å²) in [5, 5.41) is 14.3. The van der Waals surface area contributed by atoms with E-state index in [9.17, 15) is 4.79 Å². The van der Waals surface area contributed by atoms with E-state index in [0.717, 1.165) is 12.8 Å². The van der Waals surface area contributed by atoms with Gasteiger partial charge in [-0.2, -0.15) is 0 Å². The fourth-order valence-electron chi connectivity index (χ4n) is 2.16. The van der Waals surface area contributed by atoms with Gasteiger partial charge in [-0.1, -0.05) is 13.3 Å². The van der Waals surface area contributed by atoms with Crippen LogP contribution in [0.1, 0.15) is 36.7 Å². The smallest absolute Gasteiger partial charge is 0.270 e. The molecule has 1 unspecified atom stereocenters. The first-order chi connectivity index (χ1) is 10.2. The number of nitrogens with zero attached hydrogens (tertiary/aromatic N) is 1. The van der Waals surface area contributed by atoms with E-state index in [1.165, 1.54) is 11.3 Å². The van der Waals surface area contributed by atoms with E-state index in [2.05, 4.69) is 17.2 Å². The number of aliphatic hydroxyl groups is 1. The SMILES string of the molecule is CCCC(CCO)CNC(=O)c1csc(-c2ccco2)n1. The summed E-state index contributed by atoms with van der Waals surface area (Å²) < 4.78 is 5.26. The molecule has 114 valence electrons. The molecule has 0 aliphatic rings. The Balaban J connectivity index is 1.91. The molecule has 2 N–H and O–H groups in total. The van der Waals surface area contributed by atoms with Gasteiger partial charge < -0.3 is 14.8 Å². The van der Waals surface area contributed by atoms with Gasteiger partial charge in [0.05, 0.1) is 6.26 Å². The predicted octanol–water partition coefficient (Wildman–Crippen LogP) is 2.93. The van der Waals surface area contributed by atoms with Crippen LogP contribution in [0.5, 0.6) is 0 Å². The molecule has 21 heavy (non-hydrogen) atoms. The minimum Gasteiger partial charge on any atom is -0.462 e. The van der Waals surface area contributed by atoms with Gasteiger partial charge in [0.15, 0.2) is 10.8 Å². The quantitative estimate of drug-likeness (QED) is 0.786. The summed E-state index contributed by atoms with van der Waals surface area (Å²) >= 11 is 1.38. The van der Waals surface area contributed by atoms with Gasteiger partial charge in [-0.15, -0.1) is 11.3 Å². The summed E-state index contributed by atoms with van der Waals surface area (Å²) in [6.07, 6.45) is 4.33. The lowest BCUT2D eigenvalue weighted by atomic mass is 10.0. The van der Waals surface area contributed by atoms with Crippen molar-refractivity contribution >= 4 is 17.2 Å². The number of carbonyl (C=O) groups is 1. The fraction of sp³-hybridized carbons (Fsp3) is 0.467. The maximum absolute atomic E-state index is 12.1. The first kappa shape index (κ1) is 15.7. The zero-order chi connectivity index (χ0) is 15.1. The molecule has 1 amide bonds. The maximum atomic E-state index is 12.1. The molecular weight excluding hydrogens is 288 g/mol. The van der Waals surface area contributed by atoms with Gasteiger partial charge in [-0.05, 0) is 30.9 Å². The number of rotatable bonds is 8. The molecule has 0 aliphatic heterocycles. The van der Waals surface area contributed by atoms with Gasteiger partial charge in [0.25, 0.3) is 5.91 Å². The summed E-state index contributed by atoms with van der Waals surface area (Å²) in [5.41, 5.74) is 0.408. The molecule has 0 bridgehead atoms. The van der Waals surface area contributed by atoms with Crippen molar-refractivity contribution in [3.05, 3.63) is 29.5 Å². The lowest BCUT2D eigenvalue weighted by Crippen LogP contribution is -2.30. The number of hydrogen-bond donors (Lipinski definition) is 2. The minimum absolute atomic E-state index is 0.153. The molecule has 0 saturated heterocycles. The Labute approximate surface area is 128 Å². The second-order valence-corrected chi connectivity index (χ2v) is 5.75. The average molecular weight is 308 g/mol. The Kier molecular flexibility index (Phi) is 5.95. The molecule has 2 aromatic heterocycles. The first-order valence-corrected chi connectivity index (χ1v) is 8.01. The van der Waals surface area contributed by atoms with Gasteiger partial charge in [0, 0.05) is 18.5 Å². The Bertz CT molecular complexity index is 545. The number of nitrogens with one attached hydrogen (secondary N) is 1. The standard InChI is InChI=1S/C15H20N2O3S/c1-2-4-11(6-7-18)9-16-14(19)12-10-21-15(17-12)13-5-3-8-20-13/h3,5,8,10-11,18H,2,4,6-7,9H2,1H3,(H,16,19). The maximum Gasteiger partial charge on any atom is 0.270 e. The number of hydrogen-bond acceptors (Lipinski definition) is 5. The van der Waals surface area contributed by atoms with Crippen molar-refractivity contribution in [3.8, 4) is 10.8 Å². The van der Waals surface area contributed by atoms with Crippen LogP contribution in [-0.4, -0.2) is 29.1 Å². The second-order valence-electron chi connectivity index (χ2n) is 4.89. The van der Waals surface area contributed by atoms with E-state index in [1.807, 2.05) is 6.07 Å². The number of aliphatic hydroxyl groups excluding tert-OH is 1. The number of thiazole rings is 1. The molecule has 2 rings (SSSR count). The molecule has 1 atom stereocenters. The van der Waals surface area contributed by atoms with Crippen LogP contribution in [0.25, 0.3) is 10.8 Å². The van der Waals surface area contributed by atoms with E-state index in [-0.39, 0.29) is 12.5 Å². The van der Waals surface area contributed by atoms with E-state index >= 15 is 0 Å². The third-order valence-electron chi connectivity index (χ3n) is 3.25. The Hall–Kier alpha value is -1.66. The van der Waals surface area contributed by atoms with Crippen LogP contribution in [0.2, 0.25) is 0 Å². The number of furan rings is 1. The molecule has 0 aromatic carbocycles. The largest absolute Gasteiger partial charge is 0.462 e. The Morgan fingerprint density at radius 3 is 3.05 bits per heavy atom. The zero-order valence-corrected chi connectivity index (χ0v) is 12.9. The van der Waals surface area contributed by atoms with E-state index in [0.29, 0.717) is 35.3 Å². The van der Waals surface area contributed by atoms with Gasteiger partial charge in [-0.3, -0.25) is 4.79 Å². The van der Waals surface area contributed by atoms with Crippen molar-refractivity contribution in [1.82, 2.24) is 10.3 Å². The van der Waals surface area contributed by atoms with Gasteiger partial charge in [-0.25, -0.2) is 4.98 Å². The molecule has 6 heteroatoms. The highest BCUT2D eigenvalue weighted by Gasteiger charge is 2.15. The van der Waals surface area contributed by atoms with Crippen molar-refractivity contribution in [2.75, 3.05) is 13.2 Å². The summed E-state index contributed by atoms with van der Waals surface area (Å²) in [6, 6.07) is 3.61. The Morgan fingerprint density at radius 1 is 1.52 bits per heavy atom. The molecule has 2 heterocycles. The average Bonchev–Trinajstić information content (AvgIpc) is 3.15. The highest BCUT2D eigenvalue weighted by atomic mass is 32.1. The van der Waals surface area contributed by atoms with E-state index < -0.39 is 0 Å².